The maximum atomic E-state index is 11.3. The van der Waals surface area contributed by atoms with E-state index in [4.69, 9.17) is 0 Å². The van der Waals surface area contributed by atoms with Crippen LogP contribution in [0.15, 0.2) is 12.2 Å². The summed E-state index contributed by atoms with van der Waals surface area (Å²) in [4.78, 5) is 11.3. The largest absolute Gasteiger partial charge is 0.294 e. The number of hydrogen-bond donors (Lipinski definition) is 0. The molecule has 0 amide bonds. The van der Waals surface area contributed by atoms with Crippen LogP contribution in [0.5, 0.6) is 0 Å². The van der Waals surface area contributed by atoms with E-state index in [0.717, 1.165) is 19.3 Å². The third-order valence-corrected chi connectivity index (χ3v) is 2.51. The Balaban J connectivity index is 2.77. The fourth-order valence-electron chi connectivity index (χ4n) is 1.27. The van der Waals surface area contributed by atoms with Gasteiger partial charge in [-0.05, 0) is 25.3 Å². The minimum Gasteiger partial charge on any atom is -0.294 e. The molecule has 0 aromatic rings. The Labute approximate surface area is 62.1 Å². The highest BCUT2D eigenvalue weighted by molar-refractivity contribution is 5.95. The minimum absolute atomic E-state index is 0.0469. The summed E-state index contributed by atoms with van der Waals surface area (Å²) < 4.78 is 0. The van der Waals surface area contributed by atoms with Crippen molar-refractivity contribution in [1.82, 2.24) is 0 Å². The normalized spacial score (nSPS) is 32.8. The van der Waals surface area contributed by atoms with Crippen LogP contribution in [0, 0.1) is 5.41 Å². The van der Waals surface area contributed by atoms with Crippen molar-refractivity contribution in [3.05, 3.63) is 12.2 Å². The van der Waals surface area contributed by atoms with Crippen LogP contribution in [0.4, 0.5) is 0 Å². The second-order valence-corrected chi connectivity index (χ2v) is 3.22. The van der Waals surface area contributed by atoms with Gasteiger partial charge in [-0.1, -0.05) is 19.9 Å². The molecule has 1 aliphatic rings. The number of carbonyl (C=O) groups excluding carboxylic acids is 1. The molecule has 0 aromatic carbocycles. The Bertz CT molecular complexity index is 170. The van der Waals surface area contributed by atoms with Crippen LogP contribution in [0.1, 0.15) is 33.1 Å². The van der Waals surface area contributed by atoms with Gasteiger partial charge in [0.25, 0.3) is 0 Å². The molecule has 0 heterocycles. The van der Waals surface area contributed by atoms with Gasteiger partial charge in [-0.25, -0.2) is 0 Å². The molecule has 56 valence electrons. The lowest BCUT2D eigenvalue weighted by atomic mass is 9.76. The van der Waals surface area contributed by atoms with Gasteiger partial charge in [-0.15, -0.1) is 0 Å². The van der Waals surface area contributed by atoms with Crippen LogP contribution in [-0.2, 0) is 4.79 Å². The van der Waals surface area contributed by atoms with E-state index in [2.05, 4.69) is 13.8 Å². The summed E-state index contributed by atoms with van der Waals surface area (Å²) in [7, 11) is 0. The zero-order valence-corrected chi connectivity index (χ0v) is 6.68. The highest BCUT2D eigenvalue weighted by Crippen LogP contribution is 2.31. The molecule has 1 nitrogen and oxygen atoms in total. The highest BCUT2D eigenvalue weighted by atomic mass is 16.1. The van der Waals surface area contributed by atoms with Crippen molar-refractivity contribution < 1.29 is 4.79 Å². The lowest BCUT2D eigenvalue weighted by Crippen LogP contribution is -2.27. The number of hydrogen-bond acceptors (Lipinski definition) is 1. The van der Waals surface area contributed by atoms with Crippen LogP contribution < -0.4 is 0 Å². The van der Waals surface area contributed by atoms with Crippen LogP contribution in [0.2, 0.25) is 0 Å². The van der Waals surface area contributed by atoms with Gasteiger partial charge in [0.2, 0.25) is 0 Å². The monoisotopic (exact) mass is 138 g/mol. The fraction of sp³-hybridized carbons (Fsp3) is 0.667. The van der Waals surface area contributed by atoms with E-state index in [1.807, 2.05) is 6.08 Å². The third-order valence-electron chi connectivity index (χ3n) is 2.51. The van der Waals surface area contributed by atoms with Crippen molar-refractivity contribution in [3.8, 4) is 0 Å². The summed E-state index contributed by atoms with van der Waals surface area (Å²) in [5.74, 6) is 0.307. The molecule has 1 aliphatic carbocycles. The van der Waals surface area contributed by atoms with Gasteiger partial charge in [-0.2, -0.15) is 0 Å². The zero-order chi connectivity index (χ0) is 7.61. The maximum absolute atomic E-state index is 11.3. The number of rotatable bonds is 1. The number of allylic oxidation sites excluding steroid dienone is 2. The Morgan fingerprint density at radius 3 is 2.80 bits per heavy atom. The molecule has 0 fully saturated rings. The summed E-state index contributed by atoms with van der Waals surface area (Å²) in [6.45, 7) is 4.13. The standard InChI is InChI=1S/C9H14O/c1-3-9(2)7-5-4-6-8(9)10/h4,6H,3,5,7H2,1-2H3. The van der Waals surface area contributed by atoms with E-state index in [1.54, 1.807) is 6.08 Å². The van der Waals surface area contributed by atoms with Crippen molar-refractivity contribution in [3.63, 3.8) is 0 Å². The quantitative estimate of drug-likeness (QED) is 0.543. The molecule has 1 unspecified atom stereocenters. The van der Waals surface area contributed by atoms with E-state index < -0.39 is 0 Å². The lowest BCUT2D eigenvalue weighted by Gasteiger charge is -2.27. The first-order valence-corrected chi connectivity index (χ1v) is 3.90. The maximum Gasteiger partial charge on any atom is 0.161 e. The predicted molar refractivity (Wildman–Crippen MR) is 41.8 cm³/mol. The number of ketones is 1. The van der Waals surface area contributed by atoms with Gasteiger partial charge >= 0.3 is 0 Å². The van der Waals surface area contributed by atoms with Gasteiger partial charge < -0.3 is 0 Å². The molecule has 10 heavy (non-hydrogen) atoms. The van der Waals surface area contributed by atoms with Crippen LogP contribution in [-0.4, -0.2) is 5.78 Å². The third kappa shape index (κ3) is 1.13. The molecule has 0 saturated carbocycles. The SMILES string of the molecule is CCC1(C)CCC=CC1=O. The second kappa shape index (κ2) is 2.57. The van der Waals surface area contributed by atoms with Gasteiger partial charge in [-0.3, -0.25) is 4.79 Å². The van der Waals surface area contributed by atoms with Crippen molar-refractivity contribution in [1.29, 1.82) is 0 Å². The average molecular weight is 138 g/mol. The molecule has 1 rings (SSSR count). The van der Waals surface area contributed by atoms with E-state index in [1.165, 1.54) is 0 Å². The van der Waals surface area contributed by atoms with Crippen molar-refractivity contribution >= 4 is 5.78 Å². The molecule has 0 aliphatic heterocycles. The smallest absolute Gasteiger partial charge is 0.161 e. The molecule has 0 spiro atoms. The summed E-state index contributed by atoms with van der Waals surface area (Å²) in [5.41, 5.74) is -0.0469. The summed E-state index contributed by atoms with van der Waals surface area (Å²) >= 11 is 0. The van der Waals surface area contributed by atoms with Gasteiger partial charge in [0.1, 0.15) is 0 Å². The van der Waals surface area contributed by atoms with Crippen LogP contribution >= 0.6 is 0 Å². The molecule has 0 aromatic heterocycles. The van der Waals surface area contributed by atoms with E-state index in [9.17, 15) is 4.79 Å². The van der Waals surface area contributed by atoms with E-state index in [0.29, 0.717) is 5.78 Å². The molecule has 0 radical (unpaired) electrons. The molecule has 1 atom stereocenters. The van der Waals surface area contributed by atoms with Crippen LogP contribution in [0.3, 0.4) is 0 Å². The van der Waals surface area contributed by atoms with Crippen molar-refractivity contribution in [2.45, 2.75) is 33.1 Å². The van der Waals surface area contributed by atoms with Gasteiger partial charge in [0, 0.05) is 5.41 Å². The zero-order valence-electron chi connectivity index (χ0n) is 6.68. The van der Waals surface area contributed by atoms with Gasteiger partial charge in [0.05, 0.1) is 0 Å². The Morgan fingerprint density at radius 2 is 2.40 bits per heavy atom. The Hall–Kier alpha value is -0.590. The Kier molecular flexibility index (Phi) is 1.93. The first-order chi connectivity index (χ1) is 4.69. The van der Waals surface area contributed by atoms with Crippen molar-refractivity contribution in [2.24, 2.45) is 5.41 Å². The molecule has 0 saturated heterocycles. The lowest BCUT2D eigenvalue weighted by molar-refractivity contribution is -0.124. The van der Waals surface area contributed by atoms with Gasteiger partial charge in [0.15, 0.2) is 5.78 Å². The van der Waals surface area contributed by atoms with Crippen molar-refractivity contribution in [2.75, 3.05) is 0 Å². The molecule has 1 heteroatoms. The molecular formula is C9H14O. The fourth-order valence-corrected chi connectivity index (χ4v) is 1.27. The first-order valence-electron chi connectivity index (χ1n) is 3.90. The van der Waals surface area contributed by atoms with E-state index in [-0.39, 0.29) is 5.41 Å². The topological polar surface area (TPSA) is 17.1 Å². The summed E-state index contributed by atoms with van der Waals surface area (Å²) in [6, 6.07) is 0. The Morgan fingerprint density at radius 1 is 1.70 bits per heavy atom. The van der Waals surface area contributed by atoms with Crippen LogP contribution in [0.25, 0.3) is 0 Å². The number of carbonyl (C=O) groups is 1. The molecular weight excluding hydrogens is 124 g/mol. The molecule has 0 N–H and O–H groups in total. The second-order valence-electron chi connectivity index (χ2n) is 3.22. The predicted octanol–water partition coefficient (Wildman–Crippen LogP) is 2.32. The summed E-state index contributed by atoms with van der Waals surface area (Å²) in [5, 5.41) is 0. The minimum atomic E-state index is -0.0469. The average Bonchev–Trinajstić information content (AvgIpc) is 1.96. The van der Waals surface area contributed by atoms with E-state index >= 15 is 0 Å². The highest BCUT2D eigenvalue weighted by Gasteiger charge is 2.30. The first kappa shape index (κ1) is 7.52. The summed E-state index contributed by atoms with van der Waals surface area (Å²) in [6.07, 6.45) is 6.76. The molecule has 0 bridgehead atoms.